The first-order valence-corrected chi connectivity index (χ1v) is 11.3. The molecule has 1 aromatic heterocycles. The SMILES string of the molecule is COc1cc2c3c(c1)oc1cc(OC)cc(c13)O[Si](C(C)(C)C)(C(C)(C)C)O2. The summed E-state index contributed by atoms with van der Waals surface area (Å²) in [7, 11) is 0.426. The number of ether oxygens (including phenoxy) is 2. The van der Waals surface area contributed by atoms with Crippen LogP contribution in [-0.2, 0) is 0 Å². The van der Waals surface area contributed by atoms with Gasteiger partial charge in [-0.2, -0.15) is 0 Å². The molecule has 0 fully saturated rings. The van der Waals surface area contributed by atoms with Crippen molar-refractivity contribution in [3.05, 3.63) is 24.3 Å². The highest BCUT2D eigenvalue weighted by molar-refractivity contribution is 6.75. The predicted molar refractivity (Wildman–Crippen MR) is 113 cm³/mol. The lowest BCUT2D eigenvalue weighted by atomic mass is 10.1. The Morgan fingerprint density at radius 2 is 1.07 bits per heavy atom. The second-order valence-corrected chi connectivity index (χ2v) is 14.1. The van der Waals surface area contributed by atoms with E-state index in [4.69, 9.17) is 22.7 Å². The molecule has 0 amide bonds. The Balaban J connectivity index is 2.15. The molecule has 3 aromatic rings. The van der Waals surface area contributed by atoms with Crippen molar-refractivity contribution in [1.29, 1.82) is 0 Å². The zero-order valence-electron chi connectivity index (χ0n) is 17.9. The van der Waals surface area contributed by atoms with E-state index in [-0.39, 0.29) is 10.1 Å². The van der Waals surface area contributed by atoms with Gasteiger partial charge in [0, 0.05) is 34.3 Å². The van der Waals surface area contributed by atoms with Crippen molar-refractivity contribution in [3.63, 3.8) is 0 Å². The molecule has 4 rings (SSSR count). The van der Waals surface area contributed by atoms with Crippen molar-refractivity contribution in [1.82, 2.24) is 0 Å². The molecular weight excluding hydrogens is 372 g/mol. The van der Waals surface area contributed by atoms with Crippen LogP contribution in [0.3, 0.4) is 0 Å². The van der Waals surface area contributed by atoms with Gasteiger partial charge in [-0.3, -0.25) is 0 Å². The van der Waals surface area contributed by atoms with Gasteiger partial charge in [0.2, 0.25) is 0 Å². The van der Waals surface area contributed by atoms with E-state index < -0.39 is 8.56 Å². The highest BCUT2D eigenvalue weighted by atomic mass is 28.4. The third kappa shape index (κ3) is 2.50. The average Bonchev–Trinajstić information content (AvgIpc) is 2.87. The monoisotopic (exact) mass is 400 g/mol. The molecule has 0 bridgehead atoms. The minimum Gasteiger partial charge on any atom is -0.510 e. The summed E-state index contributed by atoms with van der Waals surface area (Å²) in [5.41, 5.74) is 1.44. The van der Waals surface area contributed by atoms with Gasteiger partial charge in [-0.25, -0.2) is 0 Å². The molecule has 1 aliphatic rings. The lowest BCUT2D eigenvalue weighted by molar-refractivity contribution is 0.298. The molecule has 0 aliphatic carbocycles. The van der Waals surface area contributed by atoms with Crippen molar-refractivity contribution >= 4 is 30.5 Å². The van der Waals surface area contributed by atoms with Gasteiger partial charge < -0.3 is 22.7 Å². The lowest BCUT2D eigenvalue weighted by Crippen LogP contribution is -2.62. The number of furan rings is 1. The molecule has 0 saturated carbocycles. The number of hydrogen-bond donors (Lipinski definition) is 0. The lowest BCUT2D eigenvalue weighted by Gasteiger charge is -2.47. The van der Waals surface area contributed by atoms with Gasteiger partial charge in [-0.15, -0.1) is 0 Å². The molecule has 0 saturated heterocycles. The highest BCUT2D eigenvalue weighted by Crippen LogP contribution is 2.57. The molecule has 5 nitrogen and oxygen atoms in total. The summed E-state index contributed by atoms with van der Waals surface area (Å²) in [6.45, 7) is 13.2. The molecule has 0 atom stereocenters. The largest absolute Gasteiger partial charge is 0.510 e. The second kappa shape index (κ2) is 5.83. The van der Waals surface area contributed by atoms with Gasteiger partial charge in [0.15, 0.2) is 0 Å². The zero-order chi connectivity index (χ0) is 20.5. The summed E-state index contributed by atoms with van der Waals surface area (Å²) >= 11 is 0. The predicted octanol–water partition coefficient (Wildman–Crippen LogP) is 6.42. The number of hydrogen-bond acceptors (Lipinski definition) is 5. The summed E-state index contributed by atoms with van der Waals surface area (Å²) in [4.78, 5) is 0. The fourth-order valence-corrected chi connectivity index (χ4v) is 8.83. The van der Waals surface area contributed by atoms with Crippen LogP contribution in [0, 0.1) is 0 Å². The van der Waals surface area contributed by atoms with Gasteiger partial charge in [0.1, 0.15) is 34.2 Å². The first-order chi connectivity index (χ1) is 13.0. The fraction of sp³-hybridized carbons (Fsp3) is 0.455. The van der Waals surface area contributed by atoms with Crippen molar-refractivity contribution in [2.75, 3.05) is 14.2 Å². The maximum atomic E-state index is 6.90. The van der Waals surface area contributed by atoms with Crippen LogP contribution >= 0.6 is 0 Å². The molecule has 6 heteroatoms. The van der Waals surface area contributed by atoms with Crippen LogP contribution in [-0.4, -0.2) is 22.8 Å². The Labute approximate surface area is 166 Å². The molecule has 150 valence electrons. The Kier molecular flexibility index (Phi) is 3.95. The molecule has 2 heterocycles. The smallest absolute Gasteiger partial charge is 0.471 e. The second-order valence-electron chi connectivity index (χ2n) is 9.42. The highest BCUT2D eigenvalue weighted by Gasteiger charge is 2.63. The Morgan fingerprint density at radius 1 is 0.679 bits per heavy atom. The van der Waals surface area contributed by atoms with Gasteiger partial charge in [-0.1, -0.05) is 41.5 Å². The van der Waals surface area contributed by atoms with E-state index in [1.54, 1.807) is 14.2 Å². The Morgan fingerprint density at radius 3 is 1.39 bits per heavy atom. The topological polar surface area (TPSA) is 50.1 Å². The van der Waals surface area contributed by atoms with Gasteiger partial charge in [0.05, 0.1) is 25.0 Å². The van der Waals surface area contributed by atoms with Gasteiger partial charge >= 0.3 is 8.56 Å². The first kappa shape index (κ1) is 19.0. The maximum absolute atomic E-state index is 6.90. The van der Waals surface area contributed by atoms with Crippen LogP contribution in [0.2, 0.25) is 10.1 Å². The van der Waals surface area contributed by atoms with E-state index in [9.17, 15) is 0 Å². The van der Waals surface area contributed by atoms with Crippen molar-refractivity contribution in [2.24, 2.45) is 0 Å². The van der Waals surface area contributed by atoms with E-state index in [1.165, 1.54) is 0 Å². The van der Waals surface area contributed by atoms with E-state index >= 15 is 0 Å². The summed E-state index contributed by atoms with van der Waals surface area (Å²) in [5, 5.41) is 1.46. The number of rotatable bonds is 2. The van der Waals surface area contributed by atoms with E-state index in [0.29, 0.717) is 11.5 Å². The molecule has 28 heavy (non-hydrogen) atoms. The third-order valence-electron chi connectivity index (χ3n) is 5.50. The van der Waals surface area contributed by atoms with Crippen molar-refractivity contribution in [2.45, 2.75) is 51.6 Å². The van der Waals surface area contributed by atoms with Gasteiger partial charge in [0.25, 0.3) is 0 Å². The minimum absolute atomic E-state index is 0.198. The Hall–Kier alpha value is -2.34. The van der Waals surface area contributed by atoms with Crippen molar-refractivity contribution < 1.29 is 22.7 Å². The summed E-state index contributed by atoms with van der Waals surface area (Å²) in [6.07, 6.45) is 0. The van der Waals surface area contributed by atoms with Crippen molar-refractivity contribution in [3.8, 4) is 23.0 Å². The van der Waals surface area contributed by atoms with Crippen LogP contribution in [0.4, 0.5) is 0 Å². The van der Waals surface area contributed by atoms with Crippen LogP contribution in [0.1, 0.15) is 41.5 Å². The molecule has 0 unspecified atom stereocenters. The Bertz CT molecular complexity index is 984. The number of benzene rings is 2. The summed E-state index contributed by atoms with van der Waals surface area (Å²) in [6, 6.07) is 7.67. The first-order valence-electron chi connectivity index (χ1n) is 9.51. The molecule has 1 aliphatic heterocycles. The van der Waals surface area contributed by atoms with E-state index in [1.807, 2.05) is 24.3 Å². The molecule has 0 N–H and O–H groups in total. The molecule has 0 radical (unpaired) electrons. The average molecular weight is 401 g/mol. The van der Waals surface area contributed by atoms with Gasteiger partial charge in [-0.05, 0) is 0 Å². The van der Waals surface area contributed by atoms with Crippen LogP contribution in [0.25, 0.3) is 21.9 Å². The third-order valence-corrected chi connectivity index (χ3v) is 10.5. The molecular formula is C22H28O5Si. The van der Waals surface area contributed by atoms with Crippen LogP contribution in [0.5, 0.6) is 23.0 Å². The molecule has 2 aromatic carbocycles. The number of methoxy groups -OCH3 is 2. The standard InChI is InChI=1S/C22H28O5Si/c1-21(2,3)28(22(4,5)6)26-17-11-13(23-7)9-15-19(17)20-16(25-15)10-14(24-8)12-18(20)27-28/h9-12H,1-8H3. The minimum atomic E-state index is -2.87. The molecule has 0 spiro atoms. The quantitative estimate of drug-likeness (QED) is 0.465. The van der Waals surface area contributed by atoms with Crippen LogP contribution in [0.15, 0.2) is 28.7 Å². The van der Waals surface area contributed by atoms with E-state index in [2.05, 4.69) is 41.5 Å². The summed E-state index contributed by atoms with van der Waals surface area (Å²) < 4.78 is 31.0. The summed E-state index contributed by atoms with van der Waals surface area (Å²) in [5.74, 6) is 2.91. The van der Waals surface area contributed by atoms with Crippen LogP contribution < -0.4 is 18.3 Å². The maximum Gasteiger partial charge on any atom is 0.471 e. The van der Waals surface area contributed by atoms with E-state index in [0.717, 1.165) is 33.4 Å². The normalized spacial score (nSPS) is 16.0. The fourth-order valence-electron chi connectivity index (χ4n) is 4.37. The zero-order valence-corrected chi connectivity index (χ0v) is 18.9.